The van der Waals surface area contributed by atoms with Crippen molar-refractivity contribution in [3.05, 3.63) is 82.0 Å². The summed E-state index contributed by atoms with van der Waals surface area (Å²) >= 11 is 9.83. The van der Waals surface area contributed by atoms with E-state index in [2.05, 4.69) is 15.9 Å². The van der Waals surface area contributed by atoms with E-state index in [-0.39, 0.29) is 5.82 Å². The van der Waals surface area contributed by atoms with Gasteiger partial charge in [0.25, 0.3) is 0 Å². The fraction of sp³-hybridized carbons (Fsp3) is 0. The summed E-state index contributed by atoms with van der Waals surface area (Å²) in [4.78, 5) is 0. The summed E-state index contributed by atoms with van der Waals surface area (Å²) in [5, 5.41) is 0.680. The molecule has 0 heterocycles. The molecule has 0 aromatic heterocycles. The van der Waals surface area contributed by atoms with Crippen LogP contribution in [0.3, 0.4) is 0 Å². The van der Waals surface area contributed by atoms with Crippen LogP contribution in [0, 0.1) is 5.82 Å². The zero-order chi connectivity index (χ0) is 14.8. The Kier molecular flexibility index (Phi) is 4.09. The highest BCUT2D eigenvalue weighted by Gasteiger charge is 2.11. The van der Waals surface area contributed by atoms with E-state index >= 15 is 0 Å². The smallest absolute Gasteiger partial charge is 0.123 e. The van der Waals surface area contributed by atoms with Gasteiger partial charge >= 0.3 is 0 Å². The van der Waals surface area contributed by atoms with Gasteiger partial charge in [-0.2, -0.15) is 0 Å². The average molecular weight is 362 g/mol. The van der Waals surface area contributed by atoms with Crippen molar-refractivity contribution in [2.45, 2.75) is 0 Å². The Labute approximate surface area is 136 Å². The van der Waals surface area contributed by atoms with Gasteiger partial charge in [-0.15, -0.1) is 0 Å². The first-order valence-corrected chi connectivity index (χ1v) is 7.62. The Morgan fingerprint density at radius 3 is 2.05 bits per heavy atom. The maximum absolute atomic E-state index is 13.1. The standard InChI is InChI=1S/C18H11BrClF/c19-14-8-4-13(5-9-14)18-16(2-1-3-17(18)20)12-6-10-15(21)11-7-12/h1-11H. The monoisotopic (exact) mass is 360 g/mol. The molecule has 0 aliphatic rings. The van der Waals surface area contributed by atoms with Gasteiger partial charge in [0.15, 0.2) is 0 Å². The minimum Gasteiger partial charge on any atom is -0.207 e. The summed E-state index contributed by atoms with van der Waals surface area (Å²) in [5.74, 6) is -0.244. The summed E-state index contributed by atoms with van der Waals surface area (Å²) in [6.07, 6.45) is 0. The van der Waals surface area contributed by atoms with Gasteiger partial charge in [0.05, 0.1) is 0 Å². The van der Waals surface area contributed by atoms with Crippen LogP contribution in [0.2, 0.25) is 5.02 Å². The summed E-state index contributed by atoms with van der Waals surface area (Å²) in [6.45, 7) is 0. The lowest BCUT2D eigenvalue weighted by Gasteiger charge is -2.12. The number of rotatable bonds is 2. The summed E-state index contributed by atoms with van der Waals surface area (Å²) in [7, 11) is 0. The lowest BCUT2D eigenvalue weighted by Crippen LogP contribution is -1.87. The van der Waals surface area contributed by atoms with Gasteiger partial charge in [-0.1, -0.05) is 63.9 Å². The van der Waals surface area contributed by atoms with Crippen LogP contribution in [0.15, 0.2) is 71.2 Å². The number of halogens is 3. The molecule has 104 valence electrons. The molecule has 0 nitrogen and oxygen atoms in total. The Bertz CT molecular complexity index is 764. The van der Waals surface area contributed by atoms with Crippen molar-refractivity contribution in [2.24, 2.45) is 0 Å². The molecule has 0 fully saturated rings. The molecule has 0 aliphatic carbocycles. The van der Waals surface area contributed by atoms with Crippen LogP contribution in [-0.2, 0) is 0 Å². The third-order valence-corrected chi connectivity index (χ3v) is 4.15. The van der Waals surface area contributed by atoms with Crippen LogP contribution >= 0.6 is 27.5 Å². The highest BCUT2D eigenvalue weighted by molar-refractivity contribution is 9.10. The van der Waals surface area contributed by atoms with Crippen LogP contribution in [0.1, 0.15) is 0 Å². The van der Waals surface area contributed by atoms with Crippen LogP contribution in [-0.4, -0.2) is 0 Å². The maximum atomic E-state index is 13.1. The van der Waals surface area contributed by atoms with Gasteiger partial charge in [0, 0.05) is 15.1 Å². The Balaban J connectivity index is 2.20. The van der Waals surface area contributed by atoms with Crippen molar-refractivity contribution in [1.29, 1.82) is 0 Å². The molecule has 0 saturated heterocycles. The number of benzene rings is 3. The fourth-order valence-electron chi connectivity index (χ4n) is 2.30. The zero-order valence-electron chi connectivity index (χ0n) is 11.0. The molecule has 3 rings (SSSR count). The Morgan fingerprint density at radius 2 is 1.38 bits per heavy atom. The van der Waals surface area contributed by atoms with Crippen LogP contribution in [0.5, 0.6) is 0 Å². The quantitative estimate of drug-likeness (QED) is 0.484. The van der Waals surface area contributed by atoms with E-state index < -0.39 is 0 Å². The molecule has 3 aromatic rings. The molecule has 0 amide bonds. The van der Waals surface area contributed by atoms with E-state index in [9.17, 15) is 4.39 Å². The second kappa shape index (κ2) is 6.00. The van der Waals surface area contributed by atoms with Gasteiger partial charge in [0.2, 0.25) is 0 Å². The zero-order valence-corrected chi connectivity index (χ0v) is 13.3. The summed E-state index contributed by atoms with van der Waals surface area (Å²) in [5.41, 5.74) is 3.92. The normalized spacial score (nSPS) is 10.6. The van der Waals surface area contributed by atoms with E-state index in [0.717, 1.165) is 26.7 Å². The SMILES string of the molecule is Fc1ccc(-c2cccc(Cl)c2-c2ccc(Br)cc2)cc1. The summed E-state index contributed by atoms with van der Waals surface area (Å²) < 4.78 is 14.1. The molecule has 0 radical (unpaired) electrons. The van der Waals surface area contributed by atoms with E-state index in [1.54, 1.807) is 12.1 Å². The van der Waals surface area contributed by atoms with Gasteiger partial charge in [-0.25, -0.2) is 4.39 Å². The van der Waals surface area contributed by atoms with Crippen molar-refractivity contribution in [3.63, 3.8) is 0 Å². The first kappa shape index (κ1) is 14.3. The molecule has 0 bridgehead atoms. The molecular weight excluding hydrogens is 351 g/mol. The van der Waals surface area contributed by atoms with Gasteiger partial charge < -0.3 is 0 Å². The molecule has 0 N–H and O–H groups in total. The predicted molar refractivity (Wildman–Crippen MR) is 90.0 cm³/mol. The highest BCUT2D eigenvalue weighted by Crippen LogP contribution is 2.37. The molecule has 0 aliphatic heterocycles. The maximum Gasteiger partial charge on any atom is 0.123 e. The molecule has 21 heavy (non-hydrogen) atoms. The first-order chi connectivity index (χ1) is 10.1. The van der Waals surface area contributed by atoms with Crippen molar-refractivity contribution in [1.82, 2.24) is 0 Å². The average Bonchev–Trinajstić information content (AvgIpc) is 2.49. The van der Waals surface area contributed by atoms with Crippen molar-refractivity contribution >= 4 is 27.5 Å². The second-order valence-electron chi connectivity index (χ2n) is 4.68. The lowest BCUT2D eigenvalue weighted by atomic mass is 9.94. The Morgan fingerprint density at radius 1 is 0.762 bits per heavy atom. The van der Waals surface area contributed by atoms with E-state index in [1.165, 1.54) is 12.1 Å². The van der Waals surface area contributed by atoms with Crippen LogP contribution in [0.4, 0.5) is 4.39 Å². The predicted octanol–water partition coefficient (Wildman–Crippen LogP) is 6.58. The first-order valence-electron chi connectivity index (χ1n) is 6.45. The van der Waals surface area contributed by atoms with Gasteiger partial charge in [0.1, 0.15) is 5.82 Å². The Hall–Kier alpha value is -1.64. The molecular formula is C18H11BrClF. The molecule has 3 aromatic carbocycles. The minimum absolute atomic E-state index is 0.244. The van der Waals surface area contributed by atoms with Gasteiger partial charge in [-0.3, -0.25) is 0 Å². The number of hydrogen-bond acceptors (Lipinski definition) is 0. The lowest BCUT2D eigenvalue weighted by molar-refractivity contribution is 0.628. The molecule has 0 spiro atoms. The molecule has 3 heteroatoms. The molecule has 0 atom stereocenters. The second-order valence-corrected chi connectivity index (χ2v) is 6.00. The van der Waals surface area contributed by atoms with Crippen molar-refractivity contribution < 1.29 is 4.39 Å². The largest absolute Gasteiger partial charge is 0.207 e. The third kappa shape index (κ3) is 3.02. The highest BCUT2D eigenvalue weighted by atomic mass is 79.9. The van der Waals surface area contributed by atoms with Crippen molar-refractivity contribution in [3.8, 4) is 22.3 Å². The topological polar surface area (TPSA) is 0 Å². The van der Waals surface area contributed by atoms with E-state index in [1.807, 2.05) is 42.5 Å². The van der Waals surface area contributed by atoms with Gasteiger partial charge in [-0.05, 0) is 47.0 Å². The molecule has 0 unspecified atom stereocenters. The fourth-order valence-corrected chi connectivity index (χ4v) is 2.85. The minimum atomic E-state index is -0.244. The molecule has 0 saturated carbocycles. The number of hydrogen-bond donors (Lipinski definition) is 0. The third-order valence-electron chi connectivity index (χ3n) is 3.30. The van der Waals surface area contributed by atoms with Crippen molar-refractivity contribution in [2.75, 3.05) is 0 Å². The van der Waals surface area contributed by atoms with E-state index in [0.29, 0.717) is 5.02 Å². The van der Waals surface area contributed by atoms with Crippen LogP contribution < -0.4 is 0 Å². The summed E-state index contributed by atoms with van der Waals surface area (Å²) in [6, 6.07) is 20.2. The van der Waals surface area contributed by atoms with E-state index in [4.69, 9.17) is 11.6 Å². The van der Waals surface area contributed by atoms with Crippen LogP contribution in [0.25, 0.3) is 22.3 Å².